The van der Waals surface area contributed by atoms with Gasteiger partial charge in [-0.2, -0.15) is 4.31 Å². The molecule has 0 saturated heterocycles. The zero-order valence-electron chi connectivity index (χ0n) is 9.60. The van der Waals surface area contributed by atoms with Crippen LogP contribution in [-0.2, 0) is 15.8 Å². The smallest absolute Gasteiger partial charge is 0.212 e. The molecule has 3 nitrogen and oxygen atoms in total. The fourth-order valence-corrected chi connectivity index (χ4v) is 3.28. The van der Waals surface area contributed by atoms with Crippen LogP contribution in [0.25, 0.3) is 0 Å². The molecule has 0 aliphatic carbocycles. The quantitative estimate of drug-likeness (QED) is 0.724. The highest BCUT2D eigenvalue weighted by Crippen LogP contribution is 2.12. The lowest BCUT2D eigenvalue weighted by Crippen LogP contribution is -2.37. The predicted octanol–water partition coefficient (Wildman–Crippen LogP) is 2.32. The summed E-state index contributed by atoms with van der Waals surface area (Å²) in [6.07, 6.45) is -2.71. The van der Waals surface area contributed by atoms with Crippen molar-refractivity contribution < 1.29 is 17.2 Å². The molecule has 0 spiro atoms. The van der Waals surface area contributed by atoms with Gasteiger partial charge in [-0.1, -0.05) is 30.3 Å². The molecule has 0 bridgehead atoms. The van der Waals surface area contributed by atoms with Crippen molar-refractivity contribution >= 4 is 21.6 Å². The molecule has 0 aromatic heterocycles. The first kappa shape index (κ1) is 15.3. The zero-order valence-corrected chi connectivity index (χ0v) is 11.2. The summed E-state index contributed by atoms with van der Waals surface area (Å²) in [6, 6.07) is 8.43. The van der Waals surface area contributed by atoms with Crippen LogP contribution in [0.1, 0.15) is 5.56 Å². The number of hydrogen-bond donors (Lipinski definition) is 0. The van der Waals surface area contributed by atoms with E-state index >= 15 is 0 Å². The highest BCUT2D eigenvalue weighted by molar-refractivity contribution is 7.88. The average molecular weight is 298 g/mol. The van der Waals surface area contributed by atoms with E-state index < -0.39 is 23.0 Å². The second-order valence-electron chi connectivity index (χ2n) is 3.68. The molecule has 1 rings (SSSR count). The highest BCUT2D eigenvalue weighted by atomic mass is 35.5. The van der Waals surface area contributed by atoms with Crippen LogP contribution in [0.4, 0.5) is 8.78 Å². The third-order valence-corrected chi connectivity index (χ3v) is 4.25. The number of sulfonamides is 1. The van der Waals surface area contributed by atoms with Gasteiger partial charge in [0.1, 0.15) is 0 Å². The van der Waals surface area contributed by atoms with E-state index in [9.17, 15) is 17.2 Å². The highest BCUT2D eigenvalue weighted by Gasteiger charge is 2.24. The number of hydrogen-bond acceptors (Lipinski definition) is 2. The SMILES string of the molecule is O=S(=O)(Cc1ccccc1)N(CCCl)CC(F)F. The van der Waals surface area contributed by atoms with Gasteiger partial charge in [-0.3, -0.25) is 0 Å². The average Bonchev–Trinajstić information content (AvgIpc) is 2.28. The molecule has 0 aliphatic heterocycles. The van der Waals surface area contributed by atoms with Crippen molar-refractivity contribution in [1.29, 1.82) is 0 Å². The van der Waals surface area contributed by atoms with Gasteiger partial charge in [0.05, 0.1) is 12.3 Å². The summed E-state index contributed by atoms with van der Waals surface area (Å²) in [6.45, 7) is -0.928. The van der Waals surface area contributed by atoms with E-state index in [0.717, 1.165) is 4.31 Å². The van der Waals surface area contributed by atoms with Crippen LogP contribution in [0.5, 0.6) is 0 Å². The van der Waals surface area contributed by atoms with Crippen molar-refractivity contribution in [3.05, 3.63) is 35.9 Å². The molecular formula is C11H14ClF2NO2S. The van der Waals surface area contributed by atoms with Crippen molar-refractivity contribution in [2.24, 2.45) is 0 Å². The molecular weight excluding hydrogens is 284 g/mol. The topological polar surface area (TPSA) is 37.4 Å². The van der Waals surface area contributed by atoms with Gasteiger partial charge in [0.2, 0.25) is 10.0 Å². The maximum Gasteiger partial charge on any atom is 0.252 e. The molecule has 0 heterocycles. The van der Waals surface area contributed by atoms with Crippen LogP contribution < -0.4 is 0 Å². The Morgan fingerprint density at radius 2 is 1.83 bits per heavy atom. The summed E-state index contributed by atoms with van der Waals surface area (Å²) in [5.41, 5.74) is 0.561. The second kappa shape index (κ2) is 7.01. The third kappa shape index (κ3) is 4.88. The Kier molecular flexibility index (Phi) is 5.98. The van der Waals surface area contributed by atoms with E-state index in [1.54, 1.807) is 30.3 Å². The predicted molar refractivity (Wildman–Crippen MR) is 67.4 cm³/mol. The molecule has 0 N–H and O–H groups in total. The first-order valence-electron chi connectivity index (χ1n) is 5.31. The second-order valence-corrected chi connectivity index (χ2v) is 6.03. The zero-order chi connectivity index (χ0) is 13.6. The monoisotopic (exact) mass is 297 g/mol. The van der Waals surface area contributed by atoms with Crippen molar-refractivity contribution in [1.82, 2.24) is 4.31 Å². The summed E-state index contributed by atoms with van der Waals surface area (Å²) >= 11 is 5.44. The van der Waals surface area contributed by atoms with Crippen molar-refractivity contribution in [3.8, 4) is 0 Å². The molecule has 0 amide bonds. The Morgan fingerprint density at radius 3 is 2.33 bits per heavy atom. The summed E-state index contributed by atoms with van der Waals surface area (Å²) < 4.78 is 49.3. The van der Waals surface area contributed by atoms with Crippen LogP contribution in [0.3, 0.4) is 0 Å². The van der Waals surface area contributed by atoms with Crippen molar-refractivity contribution in [2.45, 2.75) is 12.2 Å². The van der Waals surface area contributed by atoms with Gasteiger partial charge < -0.3 is 0 Å². The van der Waals surface area contributed by atoms with E-state index in [1.165, 1.54) is 0 Å². The molecule has 102 valence electrons. The molecule has 0 unspecified atom stereocenters. The maximum absolute atomic E-state index is 12.3. The van der Waals surface area contributed by atoms with Gasteiger partial charge in [-0.25, -0.2) is 17.2 Å². The Balaban J connectivity index is 2.81. The van der Waals surface area contributed by atoms with Gasteiger partial charge in [0.15, 0.2) is 0 Å². The lowest BCUT2D eigenvalue weighted by Gasteiger charge is -2.20. The summed E-state index contributed by atoms with van der Waals surface area (Å²) in [4.78, 5) is 0. The van der Waals surface area contributed by atoms with Crippen LogP contribution in [0, 0.1) is 0 Å². The minimum Gasteiger partial charge on any atom is -0.212 e. The molecule has 0 fully saturated rings. The fraction of sp³-hybridized carbons (Fsp3) is 0.455. The lowest BCUT2D eigenvalue weighted by molar-refractivity contribution is 0.121. The van der Waals surface area contributed by atoms with E-state index in [1.807, 2.05) is 0 Å². The Morgan fingerprint density at radius 1 is 1.22 bits per heavy atom. The molecule has 18 heavy (non-hydrogen) atoms. The summed E-state index contributed by atoms with van der Waals surface area (Å²) in [7, 11) is -3.76. The van der Waals surface area contributed by atoms with Gasteiger partial charge in [-0.05, 0) is 5.56 Å². The van der Waals surface area contributed by atoms with Crippen LogP contribution in [0.2, 0.25) is 0 Å². The van der Waals surface area contributed by atoms with Crippen molar-refractivity contribution in [3.63, 3.8) is 0 Å². The number of alkyl halides is 3. The lowest BCUT2D eigenvalue weighted by atomic mass is 10.2. The number of halogens is 3. The number of nitrogens with zero attached hydrogens (tertiary/aromatic N) is 1. The van der Waals surface area contributed by atoms with Crippen LogP contribution in [-0.4, -0.2) is 38.1 Å². The van der Waals surface area contributed by atoms with Gasteiger partial charge in [0, 0.05) is 12.4 Å². The third-order valence-electron chi connectivity index (χ3n) is 2.26. The Bertz CT molecular complexity index is 453. The largest absolute Gasteiger partial charge is 0.252 e. The number of rotatable bonds is 7. The molecule has 1 aromatic carbocycles. The van der Waals surface area contributed by atoms with E-state index in [2.05, 4.69) is 0 Å². The first-order valence-corrected chi connectivity index (χ1v) is 7.46. The molecule has 0 aliphatic rings. The molecule has 0 saturated carbocycles. The Labute approximate surface area is 110 Å². The fourth-order valence-electron chi connectivity index (χ4n) is 1.47. The van der Waals surface area contributed by atoms with Crippen molar-refractivity contribution in [2.75, 3.05) is 19.0 Å². The standard InChI is InChI=1S/C11H14ClF2NO2S/c12-6-7-15(8-11(13)14)18(16,17)9-10-4-2-1-3-5-10/h1-5,11H,6-9H2. The minimum atomic E-state index is -3.76. The van der Waals surface area contributed by atoms with E-state index in [4.69, 9.17) is 11.6 Å². The van der Waals surface area contributed by atoms with E-state index in [0.29, 0.717) is 5.56 Å². The normalized spacial score (nSPS) is 12.3. The summed E-state index contributed by atoms with van der Waals surface area (Å²) in [5, 5.41) is 0. The molecule has 0 radical (unpaired) electrons. The van der Waals surface area contributed by atoms with Gasteiger partial charge in [0.25, 0.3) is 6.43 Å². The number of benzene rings is 1. The van der Waals surface area contributed by atoms with Gasteiger partial charge in [-0.15, -0.1) is 11.6 Å². The molecule has 1 aromatic rings. The van der Waals surface area contributed by atoms with E-state index in [-0.39, 0.29) is 18.2 Å². The van der Waals surface area contributed by atoms with Crippen LogP contribution in [0.15, 0.2) is 30.3 Å². The first-order chi connectivity index (χ1) is 8.45. The summed E-state index contributed by atoms with van der Waals surface area (Å²) in [5.74, 6) is -0.307. The molecule has 0 atom stereocenters. The van der Waals surface area contributed by atoms with Crippen LogP contribution >= 0.6 is 11.6 Å². The maximum atomic E-state index is 12.3. The molecule has 7 heteroatoms. The Hall–Kier alpha value is -0.720. The van der Waals surface area contributed by atoms with Gasteiger partial charge >= 0.3 is 0 Å². The minimum absolute atomic E-state index is 0.0132.